The minimum absolute atomic E-state index is 0. The van der Waals surface area contributed by atoms with E-state index < -0.39 is 0 Å². The summed E-state index contributed by atoms with van der Waals surface area (Å²) in [6, 6.07) is 21.3. The standard InChI is InChI=1S/C23H26N4O2.HI/c1-3-24-23(26-17(2)19-10-5-4-6-11-19)25-16-18-9-7-12-20(15-18)27-22(28)21-13-8-14-29-21;/h4-15,17H,3,16H2,1-2H3,(H,27,28)(H2,24,25,26);1H. The van der Waals surface area contributed by atoms with Gasteiger partial charge in [0.15, 0.2) is 11.7 Å². The predicted octanol–water partition coefficient (Wildman–Crippen LogP) is 4.97. The highest BCUT2D eigenvalue weighted by molar-refractivity contribution is 14.0. The van der Waals surface area contributed by atoms with Gasteiger partial charge in [0.2, 0.25) is 0 Å². The lowest BCUT2D eigenvalue weighted by Gasteiger charge is -2.18. The van der Waals surface area contributed by atoms with Gasteiger partial charge in [-0.05, 0) is 49.2 Å². The van der Waals surface area contributed by atoms with E-state index in [9.17, 15) is 4.79 Å². The van der Waals surface area contributed by atoms with Gasteiger partial charge in [-0.3, -0.25) is 4.79 Å². The molecule has 0 aliphatic carbocycles. The number of rotatable bonds is 7. The van der Waals surface area contributed by atoms with Crippen LogP contribution in [-0.4, -0.2) is 18.4 Å². The van der Waals surface area contributed by atoms with Crippen molar-refractivity contribution in [3.05, 3.63) is 89.9 Å². The molecule has 0 spiro atoms. The average Bonchev–Trinajstić information content (AvgIpc) is 3.28. The van der Waals surface area contributed by atoms with Crippen molar-refractivity contribution < 1.29 is 9.21 Å². The van der Waals surface area contributed by atoms with Crippen molar-refractivity contribution in [2.24, 2.45) is 4.99 Å². The van der Waals surface area contributed by atoms with Crippen LogP contribution < -0.4 is 16.0 Å². The Balaban J connectivity index is 0.00000320. The van der Waals surface area contributed by atoms with E-state index in [1.807, 2.05) is 49.4 Å². The summed E-state index contributed by atoms with van der Waals surface area (Å²) >= 11 is 0. The second-order valence-corrected chi connectivity index (χ2v) is 6.60. The fraction of sp³-hybridized carbons (Fsp3) is 0.217. The third-order valence-corrected chi connectivity index (χ3v) is 4.35. The molecular weight excluding hydrogens is 491 g/mol. The van der Waals surface area contributed by atoms with Gasteiger partial charge in [0.05, 0.1) is 18.8 Å². The van der Waals surface area contributed by atoms with Crippen molar-refractivity contribution in [1.29, 1.82) is 0 Å². The van der Waals surface area contributed by atoms with E-state index in [1.165, 1.54) is 11.8 Å². The minimum atomic E-state index is -0.276. The first-order valence-corrected chi connectivity index (χ1v) is 9.69. The molecular formula is C23H27IN4O2. The number of hydrogen-bond donors (Lipinski definition) is 3. The molecule has 1 atom stereocenters. The maximum absolute atomic E-state index is 12.1. The van der Waals surface area contributed by atoms with Crippen LogP contribution in [0, 0.1) is 0 Å². The first-order valence-electron chi connectivity index (χ1n) is 9.69. The van der Waals surface area contributed by atoms with Crippen LogP contribution in [0.15, 0.2) is 82.4 Å². The topological polar surface area (TPSA) is 78.7 Å². The lowest BCUT2D eigenvalue weighted by atomic mass is 10.1. The molecule has 0 fully saturated rings. The summed E-state index contributed by atoms with van der Waals surface area (Å²) in [7, 11) is 0. The summed E-state index contributed by atoms with van der Waals surface area (Å²) < 4.78 is 5.13. The van der Waals surface area contributed by atoms with Crippen LogP contribution in [0.5, 0.6) is 0 Å². The van der Waals surface area contributed by atoms with Gasteiger partial charge < -0.3 is 20.4 Å². The Morgan fingerprint density at radius 2 is 1.87 bits per heavy atom. The fourth-order valence-electron chi connectivity index (χ4n) is 2.87. The molecule has 0 radical (unpaired) electrons. The van der Waals surface area contributed by atoms with Gasteiger partial charge in [-0.15, -0.1) is 24.0 Å². The van der Waals surface area contributed by atoms with E-state index >= 15 is 0 Å². The summed E-state index contributed by atoms with van der Waals surface area (Å²) in [4.78, 5) is 16.8. The second-order valence-electron chi connectivity index (χ2n) is 6.60. The Bertz CT molecular complexity index is 943. The molecule has 1 amide bonds. The molecule has 0 bridgehead atoms. The van der Waals surface area contributed by atoms with E-state index in [2.05, 4.69) is 40.0 Å². The molecule has 3 aromatic rings. The van der Waals surface area contributed by atoms with Gasteiger partial charge in [-0.1, -0.05) is 42.5 Å². The quantitative estimate of drug-likeness (QED) is 0.235. The molecule has 6 nitrogen and oxygen atoms in total. The average molecular weight is 518 g/mol. The smallest absolute Gasteiger partial charge is 0.291 e. The number of amides is 1. The van der Waals surface area contributed by atoms with E-state index in [-0.39, 0.29) is 41.7 Å². The third kappa shape index (κ3) is 6.91. The number of nitrogens with one attached hydrogen (secondary N) is 3. The number of carbonyl (C=O) groups excluding carboxylic acids is 1. The summed E-state index contributed by atoms with van der Waals surface area (Å²) in [5.41, 5.74) is 2.89. The van der Waals surface area contributed by atoms with Crippen LogP contribution in [0.2, 0.25) is 0 Å². The Kier molecular flexibility index (Phi) is 9.40. The van der Waals surface area contributed by atoms with Crippen LogP contribution in [0.1, 0.15) is 41.6 Å². The van der Waals surface area contributed by atoms with E-state index in [4.69, 9.17) is 4.42 Å². The normalized spacial score (nSPS) is 11.9. The van der Waals surface area contributed by atoms with Gasteiger partial charge in [0, 0.05) is 12.2 Å². The van der Waals surface area contributed by atoms with Crippen molar-refractivity contribution in [3.8, 4) is 0 Å². The van der Waals surface area contributed by atoms with Gasteiger partial charge >= 0.3 is 0 Å². The van der Waals surface area contributed by atoms with Gasteiger partial charge in [0.1, 0.15) is 0 Å². The summed E-state index contributed by atoms with van der Waals surface area (Å²) in [5.74, 6) is 0.748. The van der Waals surface area contributed by atoms with Crippen LogP contribution in [0.25, 0.3) is 0 Å². The number of guanidine groups is 1. The third-order valence-electron chi connectivity index (χ3n) is 4.35. The maximum Gasteiger partial charge on any atom is 0.291 e. The zero-order valence-corrected chi connectivity index (χ0v) is 19.4. The molecule has 0 saturated carbocycles. The van der Waals surface area contributed by atoms with Gasteiger partial charge in [-0.25, -0.2) is 4.99 Å². The largest absolute Gasteiger partial charge is 0.459 e. The molecule has 1 unspecified atom stereocenters. The molecule has 0 aliphatic heterocycles. The van der Waals surface area contributed by atoms with Gasteiger partial charge in [0.25, 0.3) is 5.91 Å². The van der Waals surface area contributed by atoms with Crippen molar-refractivity contribution >= 4 is 41.5 Å². The second kappa shape index (κ2) is 12.0. The van der Waals surface area contributed by atoms with Crippen LogP contribution in [-0.2, 0) is 6.54 Å². The van der Waals surface area contributed by atoms with Gasteiger partial charge in [-0.2, -0.15) is 0 Å². The number of benzene rings is 2. The Morgan fingerprint density at radius 1 is 1.07 bits per heavy atom. The number of nitrogens with zero attached hydrogens (tertiary/aromatic N) is 1. The number of aliphatic imine (C=N–C) groups is 1. The molecule has 1 heterocycles. The summed E-state index contributed by atoms with van der Waals surface area (Å²) in [6.07, 6.45) is 1.48. The number of furan rings is 1. The van der Waals surface area contributed by atoms with Crippen molar-refractivity contribution in [2.75, 3.05) is 11.9 Å². The molecule has 2 aromatic carbocycles. The minimum Gasteiger partial charge on any atom is -0.459 e. The van der Waals surface area contributed by atoms with E-state index in [0.29, 0.717) is 12.2 Å². The zero-order chi connectivity index (χ0) is 20.5. The molecule has 30 heavy (non-hydrogen) atoms. The first-order chi connectivity index (χ1) is 14.2. The van der Waals surface area contributed by atoms with Crippen LogP contribution >= 0.6 is 24.0 Å². The number of halogens is 1. The zero-order valence-electron chi connectivity index (χ0n) is 17.1. The number of carbonyl (C=O) groups is 1. The SMILES string of the molecule is CCNC(=NCc1cccc(NC(=O)c2ccco2)c1)NC(C)c1ccccc1.I. The van der Waals surface area contributed by atoms with E-state index in [0.717, 1.165) is 18.1 Å². The molecule has 7 heteroatoms. The van der Waals surface area contributed by atoms with Crippen molar-refractivity contribution in [2.45, 2.75) is 26.4 Å². The highest BCUT2D eigenvalue weighted by atomic mass is 127. The Morgan fingerprint density at radius 3 is 2.57 bits per heavy atom. The molecule has 158 valence electrons. The Labute approximate surface area is 194 Å². The van der Waals surface area contributed by atoms with E-state index in [1.54, 1.807) is 12.1 Å². The fourth-order valence-corrected chi connectivity index (χ4v) is 2.87. The summed E-state index contributed by atoms with van der Waals surface area (Å²) in [5, 5.41) is 9.54. The molecule has 0 aliphatic rings. The predicted molar refractivity (Wildman–Crippen MR) is 131 cm³/mol. The first kappa shape index (κ1) is 23.5. The van der Waals surface area contributed by atoms with Crippen LogP contribution in [0.3, 0.4) is 0 Å². The monoisotopic (exact) mass is 518 g/mol. The lowest BCUT2D eigenvalue weighted by molar-refractivity contribution is 0.0996. The molecule has 3 N–H and O–H groups in total. The number of hydrogen-bond acceptors (Lipinski definition) is 3. The number of anilines is 1. The van der Waals surface area contributed by atoms with Crippen molar-refractivity contribution in [1.82, 2.24) is 10.6 Å². The van der Waals surface area contributed by atoms with Crippen molar-refractivity contribution in [3.63, 3.8) is 0 Å². The molecule has 1 aromatic heterocycles. The molecule has 0 saturated heterocycles. The highest BCUT2D eigenvalue weighted by Crippen LogP contribution is 2.14. The summed E-state index contributed by atoms with van der Waals surface area (Å²) in [6.45, 7) is 5.40. The van der Waals surface area contributed by atoms with Crippen LogP contribution in [0.4, 0.5) is 5.69 Å². The maximum atomic E-state index is 12.1. The Hall–Kier alpha value is -2.81. The molecule has 3 rings (SSSR count). The highest BCUT2D eigenvalue weighted by Gasteiger charge is 2.09. The lowest BCUT2D eigenvalue weighted by Crippen LogP contribution is -2.38.